The monoisotopic (exact) mass is 426 g/mol. The topological polar surface area (TPSA) is 92.0 Å². The lowest BCUT2D eigenvalue weighted by Crippen LogP contribution is -2.46. The van der Waals surface area contributed by atoms with E-state index in [0.29, 0.717) is 22.3 Å². The number of allylic oxidation sites excluding steroid dienone is 2. The number of ether oxygens (including phenoxy) is 3. The SMILES string of the molecule is C/C=C(\C)C(=O)O[C@@H]1c2c(ccc3ccc(=O)oc23)O[C@@H]1C(C)(C)OC(=O)C=C(C)C. The summed E-state index contributed by atoms with van der Waals surface area (Å²) in [6.07, 6.45) is 1.20. The van der Waals surface area contributed by atoms with E-state index in [4.69, 9.17) is 18.6 Å². The van der Waals surface area contributed by atoms with Gasteiger partial charge in [-0.1, -0.05) is 11.6 Å². The van der Waals surface area contributed by atoms with E-state index in [9.17, 15) is 14.4 Å². The van der Waals surface area contributed by atoms with Gasteiger partial charge in [0.2, 0.25) is 0 Å². The van der Waals surface area contributed by atoms with Gasteiger partial charge in [0, 0.05) is 23.1 Å². The van der Waals surface area contributed by atoms with E-state index < -0.39 is 35.4 Å². The van der Waals surface area contributed by atoms with Crippen molar-refractivity contribution in [2.75, 3.05) is 0 Å². The summed E-state index contributed by atoms with van der Waals surface area (Å²) in [6.45, 7) is 10.3. The van der Waals surface area contributed by atoms with Gasteiger partial charge in [-0.25, -0.2) is 14.4 Å². The van der Waals surface area contributed by atoms with E-state index in [2.05, 4.69) is 0 Å². The average molecular weight is 426 g/mol. The van der Waals surface area contributed by atoms with Gasteiger partial charge in [0.05, 0.1) is 5.56 Å². The third-order valence-electron chi connectivity index (χ3n) is 5.05. The van der Waals surface area contributed by atoms with Crippen molar-refractivity contribution in [2.45, 2.75) is 59.4 Å². The maximum atomic E-state index is 12.6. The molecule has 164 valence electrons. The summed E-state index contributed by atoms with van der Waals surface area (Å²) in [5.74, 6) is -0.680. The van der Waals surface area contributed by atoms with Gasteiger partial charge in [0.25, 0.3) is 0 Å². The molecule has 1 aromatic heterocycles. The zero-order valence-corrected chi connectivity index (χ0v) is 18.5. The number of carbonyl (C=O) groups excluding carboxylic acids is 2. The fourth-order valence-electron chi connectivity index (χ4n) is 3.39. The second-order valence-electron chi connectivity index (χ2n) is 8.23. The lowest BCUT2D eigenvalue weighted by atomic mass is 9.93. The number of hydrogen-bond donors (Lipinski definition) is 0. The van der Waals surface area contributed by atoms with Crippen LogP contribution in [0.2, 0.25) is 0 Å². The Bertz CT molecular complexity index is 1150. The molecule has 2 aromatic rings. The minimum Gasteiger partial charge on any atom is -0.481 e. The van der Waals surface area contributed by atoms with Crippen LogP contribution in [0, 0.1) is 0 Å². The largest absolute Gasteiger partial charge is 0.481 e. The number of benzene rings is 1. The quantitative estimate of drug-likeness (QED) is 0.398. The maximum absolute atomic E-state index is 12.6. The molecule has 0 N–H and O–H groups in total. The van der Waals surface area contributed by atoms with Gasteiger partial charge >= 0.3 is 17.6 Å². The highest BCUT2D eigenvalue weighted by atomic mass is 16.6. The first kappa shape index (κ1) is 22.3. The molecular formula is C24H26O7. The first-order chi connectivity index (χ1) is 14.5. The molecule has 2 atom stereocenters. The molecule has 1 aliphatic rings. The highest BCUT2D eigenvalue weighted by molar-refractivity contribution is 5.89. The molecule has 0 saturated heterocycles. The zero-order chi connectivity index (χ0) is 22.9. The average Bonchev–Trinajstić information content (AvgIpc) is 3.05. The van der Waals surface area contributed by atoms with Crippen molar-refractivity contribution in [3.63, 3.8) is 0 Å². The number of esters is 2. The van der Waals surface area contributed by atoms with Crippen molar-refractivity contribution in [1.82, 2.24) is 0 Å². The van der Waals surface area contributed by atoms with Crippen LogP contribution in [0.15, 0.2) is 56.8 Å². The minimum atomic E-state index is -1.17. The summed E-state index contributed by atoms with van der Waals surface area (Å²) in [4.78, 5) is 36.8. The van der Waals surface area contributed by atoms with Gasteiger partial charge in [0.1, 0.15) is 16.9 Å². The van der Waals surface area contributed by atoms with E-state index in [1.165, 1.54) is 12.1 Å². The van der Waals surface area contributed by atoms with Crippen LogP contribution in [0.3, 0.4) is 0 Å². The molecule has 0 bridgehead atoms. The van der Waals surface area contributed by atoms with E-state index in [1.807, 2.05) is 0 Å². The molecule has 1 aliphatic heterocycles. The maximum Gasteiger partial charge on any atom is 0.336 e. The van der Waals surface area contributed by atoms with Crippen LogP contribution in [0.4, 0.5) is 0 Å². The Morgan fingerprint density at radius 3 is 2.42 bits per heavy atom. The van der Waals surface area contributed by atoms with Gasteiger partial charge in [-0.2, -0.15) is 0 Å². The smallest absolute Gasteiger partial charge is 0.336 e. The predicted molar refractivity (Wildman–Crippen MR) is 115 cm³/mol. The fraction of sp³-hybridized carbons (Fsp3) is 0.375. The summed E-state index contributed by atoms with van der Waals surface area (Å²) in [5.41, 5.74) is 0.203. The molecule has 0 amide bonds. The molecule has 7 heteroatoms. The van der Waals surface area contributed by atoms with Gasteiger partial charge in [-0.15, -0.1) is 0 Å². The lowest BCUT2D eigenvalue weighted by molar-refractivity contribution is -0.171. The van der Waals surface area contributed by atoms with Crippen molar-refractivity contribution in [3.8, 4) is 5.75 Å². The highest BCUT2D eigenvalue weighted by Crippen LogP contribution is 2.47. The second-order valence-corrected chi connectivity index (χ2v) is 8.23. The molecule has 31 heavy (non-hydrogen) atoms. The molecule has 0 aliphatic carbocycles. The first-order valence-electron chi connectivity index (χ1n) is 9.98. The van der Waals surface area contributed by atoms with Gasteiger partial charge in [0.15, 0.2) is 12.2 Å². The number of hydrogen-bond acceptors (Lipinski definition) is 7. The van der Waals surface area contributed by atoms with E-state index >= 15 is 0 Å². The van der Waals surface area contributed by atoms with Crippen LogP contribution in [-0.4, -0.2) is 23.6 Å². The Kier molecular flexibility index (Phi) is 6.06. The van der Waals surface area contributed by atoms with Crippen molar-refractivity contribution in [1.29, 1.82) is 0 Å². The molecule has 0 saturated carbocycles. The minimum absolute atomic E-state index is 0.273. The van der Waals surface area contributed by atoms with Gasteiger partial charge < -0.3 is 18.6 Å². The van der Waals surface area contributed by atoms with Crippen LogP contribution in [0.25, 0.3) is 11.0 Å². The summed E-state index contributed by atoms with van der Waals surface area (Å²) >= 11 is 0. The molecule has 0 unspecified atom stereocenters. The normalized spacial score (nSPS) is 18.2. The highest BCUT2D eigenvalue weighted by Gasteiger charge is 2.50. The third-order valence-corrected chi connectivity index (χ3v) is 5.05. The Morgan fingerprint density at radius 1 is 1.10 bits per heavy atom. The Labute approximate surface area is 180 Å². The van der Waals surface area contributed by atoms with Crippen LogP contribution in [-0.2, 0) is 19.1 Å². The van der Waals surface area contributed by atoms with E-state index in [0.717, 1.165) is 5.57 Å². The summed E-state index contributed by atoms with van der Waals surface area (Å²) in [6, 6.07) is 6.41. The van der Waals surface area contributed by atoms with E-state index in [1.54, 1.807) is 65.8 Å². The van der Waals surface area contributed by atoms with E-state index in [-0.39, 0.29) is 5.58 Å². The van der Waals surface area contributed by atoms with Crippen LogP contribution >= 0.6 is 0 Å². The summed E-state index contributed by atoms with van der Waals surface area (Å²) < 4.78 is 23.0. The van der Waals surface area contributed by atoms with Gasteiger partial charge in [-0.3, -0.25) is 0 Å². The van der Waals surface area contributed by atoms with Crippen LogP contribution in [0.5, 0.6) is 5.75 Å². The fourth-order valence-corrected chi connectivity index (χ4v) is 3.39. The summed E-state index contributed by atoms with van der Waals surface area (Å²) in [7, 11) is 0. The van der Waals surface area contributed by atoms with Crippen molar-refractivity contribution in [2.24, 2.45) is 0 Å². The first-order valence-corrected chi connectivity index (χ1v) is 9.98. The molecule has 0 spiro atoms. The molecule has 0 fully saturated rings. The van der Waals surface area contributed by atoms with Gasteiger partial charge in [-0.05, 0) is 59.7 Å². The Morgan fingerprint density at radius 2 is 1.77 bits per heavy atom. The Hall–Kier alpha value is -3.35. The standard InChI is InChI=1S/C24H26O7/c1-7-14(4)23(27)30-21-19-16(10-8-15-9-11-17(25)29-20(15)19)28-22(21)24(5,6)31-18(26)12-13(2)3/h7-12,21-22H,1-6H3/b14-7+/t21-,22+/m1/s1. The lowest BCUT2D eigenvalue weighted by Gasteiger charge is -2.33. The molecule has 0 radical (unpaired) electrons. The van der Waals surface area contributed by atoms with Crippen molar-refractivity contribution in [3.05, 3.63) is 63.5 Å². The van der Waals surface area contributed by atoms with Crippen molar-refractivity contribution < 1.29 is 28.2 Å². The van der Waals surface area contributed by atoms with Crippen molar-refractivity contribution >= 4 is 22.9 Å². The second kappa shape index (κ2) is 8.41. The van der Waals surface area contributed by atoms with Crippen LogP contribution in [0.1, 0.15) is 53.2 Å². The third kappa shape index (κ3) is 4.55. The molecular weight excluding hydrogens is 400 g/mol. The number of fused-ring (bicyclic) bond motifs is 3. The number of carbonyl (C=O) groups is 2. The Balaban J connectivity index is 2.10. The molecule has 1 aromatic carbocycles. The molecule has 7 nitrogen and oxygen atoms in total. The van der Waals surface area contributed by atoms with Crippen LogP contribution < -0.4 is 10.4 Å². The molecule has 2 heterocycles. The zero-order valence-electron chi connectivity index (χ0n) is 18.5. The molecule has 3 rings (SSSR count). The predicted octanol–water partition coefficient (Wildman–Crippen LogP) is 4.39. The summed E-state index contributed by atoms with van der Waals surface area (Å²) in [5, 5.41) is 0.658. The number of rotatable bonds is 5.